The normalized spacial score (nSPS) is 22.0. The van der Waals surface area contributed by atoms with Crippen LogP contribution in [-0.2, 0) is 11.3 Å². The molecule has 1 unspecified atom stereocenters. The molecule has 1 aliphatic heterocycles. The molecule has 2 fully saturated rings. The lowest BCUT2D eigenvalue weighted by atomic mass is 10.2. The minimum absolute atomic E-state index is 0.230. The molecule has 2 aromatic rings. The molecule has 4 rings (SSSR count). The summed E-state index contributed by atoms with van der Waals surface area (Å²) in [5.41, 5.74) is 1.83. The Hall–Kier alpha value is -1.88. The average Bonchev–Trinajstić information content (AvgIpc) is 3.07. The number of fused-ring (bicyclic) bond motifs is 1. The van der Waals surface area contributed by atoms with Crippen LogP contribution in [0.3, 0.4) is 0 Å². The zero-order valence-corrected chi connectivity index (χ0v) is 11.8. The molecular formula is C16H18N2O3. The number of carbonyl (C=O) groups is 1. The Kier molecular flexibility index (Phi) is 2.96. The van der Waals surface area contributed by atoms with Crippen LogP contribution in [-0.4, -0.2) is 33.3 Å². The number of nitrogens with zero attached hydrogens (tertiary/aromatic N) is 2. The van der Waals surface area contributed by atoms with Gasteiger partial charge in [-0.3, -0.25) is 0 Å². The van der Waals surface area contributed by atoms with Gasteiger partial charge in [-0.2, -0.15) is 0 Å². The summed E-state index contributed by atoms with van der Waals surface area (Å²) < 4.78 is 7.93. The molecule has 21 heavy (non-hydrogen) atoms. The second-order valence-electron chi connectivity index (χ2n) is 5.97. The summed E-state index contributed by atoms with van der Waals surface area (Å²) >= 11 is 0. The molecular weight excluding hydrogens is 268 g/mol. The Labute approximate surface area is 122 Å². The maximum absolute atomic E-state index is 11.4. The number of ether oxygens (including phenoxy) is 1. The van der Waals surface area contributed by atoms with Crippen LogP contribution in [0.5, 0.6) is 0 Å². The van der Waals surface area contributed by atoms with Gasteiger partial charge in [-0.15, -0.1) is 0 Å². The number of aromatic nitrogens is 2. The van der Waals surface area contributed by atoms with E-state index in [-0.39, 0.29) is 6.10 Å². The maximum Gasteiger partial charge on any atom is 0.337 e. The fraction of sp³-hybridized carbons (Fsp3) is 0.500. The molecule has 5 heteroatoms. The number of aromatic carboxylic acids is 1. The molecule has 1 aromatic carbocycles. The maximum atomic E-state index is 11.4. The van der Waals surface area contributed by atoms with Crippen LogP contribution in [0, 0.1) is 0 Å². The molecule has 1 aromatic heterocycles. The van der Waals surface area contributed by atoms with E-state index in [9.17, 15) is 9.90 Å². The van der Waals surface area contributed by atoms with Crippen molar-refractivity contribution in [3.63, 3.8) is 0 Å². The Morgan fingerprint density at radius 3 is 2.90 bits per heavy atom. The van der Waals surface area contributed by atoms with Gasteiger partial charge in [-0.25, -0.2) is 9.78 Å². The number of hydrogen-bond acceptors (Lipinski definition) is 3. The first-order valence-corrected chi connectivity index (χ1v) is 7.58. The first-order chi connectivity index (χ1) is 10.2. The topological polar surface area (TPSA) is 64.3 Å². The van der Waals surface area contributed by atoms with E-state index < -0.39 is 5.97 Å². The van der Waals surface area contributed by atoms with Crippen LogP contribution >= 0.6 is 0 Å². The SMILES string of the molecule is O=C(O)c1cccc2c1nc(C1CC1)n2CC1CCCO1. The molecule has 0 spiro atoms. The van der Waals surface area contributed by atoms with Crippen LogP contribution in [0.15, 0.2) is 18.2 Å². The van der Waals surface area contributed by atoms with Crippen molar-refractivity contribution in [3.8, 4) is 0 Å². The number of hydrogen-bond donors (Lipinski definition) is 1. The fourth-order valence-electron chi connectivity index (χ4n) is 3.17. The molecule has 2 heterocycles. The highest BCUT2D eigenvalue weighted by Crippen LogP contribution is 2.41. The van der Waals surface area contributed by atoms with Gasteiger partial charge in [-0.1, -0.05) is 6.07 Å². The predicted molar refractivity (Wildman–Crippen MR) is 77.6 cm³/mol. The van der Waals surface area contributed by atoms with E-state index in [0.29, 0.717) is 17.0 Å². The smallest absolute Gasteiger partial charge is 0.337 e. The van der Waals surface area contributed by atoms with Crippen molar-refractivity contribution < 1.29 is 14.6 Å². The number of benzene rings is 1. The number of carboxylic acids is 1. The summed E-state index contributed by atoms with van der Waals surface area (Å²) in [4.78, 5) is 16.1. The van der Waals surface area contributed by atoms with Gasteiger partial charge in [0.1, 0.15) is 11.3 Å². The third-order valence-corrected chi connectivity index (χ3v) is 4.39. The van der Waals surface area contributed by atoms with Gasteiger partial charge in [0.15, 0.2) is 0 Å². The molecule has 110 valence electrons. The van der Waals surface area contributed by atoms with Crippen molar-refractivity contribution in [2.45, 2.75) is 44.2 Å². The predicted octanol–water partition coefficient (Wildman–Crippen LogP) is 2.79. The van der Waals surface area contributed by atoms with Crippen LogP contribution in [0.1, 0.15) is 47.8 Å². The first kappa shape index (κ1) is 12.8. The van der Waals surface area contributed by atoms with E-state index in [4.69, 9.17) is 4.74 Å². The van der Waals surface area contributed by atoms with Crippen LogP contribution in [0.2, 0.25) is 0 Å². The van der Waals surface area contributed by atoms with Gasteiger partial charge in [-0.05, 0) is 37.8 Å². The van der Waals surface area contributed by atoms with Crippen molar-refractivity contribution in [2.24, 2.45) is 0 Å². The van der Waals surface area contributed by atoms with E-state index in [1.165, 1.54) is 0 Å². The van der Waals surface area contributed by atoms with Gasteiger partial charge in [0.25, 0.3) is 0 Å². The number of rotatable bonds is 4. The van der Waals surface area contributed by atoms with E-state index in [1.807, 2.05) is 6.07 Å². The third kappa shape index (κ3) is 2.21. The monoisotopic (exact) mass is 286 g/mol. The summed E-state index contributed by atoms with van der Waals surface area (Å²) in [5, 5.41) is 9.35. The van der Waals surface area contributed by atoms with Gasteiger partial charge in [0.2, 0.25) is 0 Å². The molecule has 1 saturated carbocycles. The average molecular weight is 286 g/mol. The molecule has 1 N–H and O–H groups in total. The molecule has 2 aliphatic rings. The molecule has 5 nitrogen and oxygen atoms in total. The van der Waals surface area contributed by atoms with Crippen LogP contribution in [0.4, 0.5) is 0 Å². The minimum Gasteiger partial charge on any atom is -0.478 e. The highest BCUT2D eigenvalue weighted by atomic mass is 16.5. The minimum atomic E-state index is -0.912. The number of carboxylic acid groups (broad SMARTS) is 1. The zero-order chi connectivity index (χ0) is 14.4. The Bertz CT molecular complexity index is 697. The van der Waals surface area contributed by atoms with E-state index in [0.717, 1.165) is 50.2 Å². The lowest BCUT2D eigenvalue weighted by Gasteiger charge is -2.14. The summed E-state index contributed by atoms with van der Waals surface area (Å²) in [5.74, 6) is 0.611. The summed E-state index contributed by atoms with van der Waals surface area (Å²) in [6.07, 6.45) is 4.71. The van der Waals surface area contributed by atoms with Crippen molar-refractivity contribution in [1.29, 1.82) is 0 Å². The molecule has 0 bridgehead atoms. The second kappa shape index (κ2) is 4.84. The third-order valence-electron chi connectivity index (χ3n) is 4.39. The van der Waals surface area contributed by atoms with Crippen LogP contribution in [0.25, 0.3) is 11.0 Å². The fourth-order valence-corrected chi connectivity index (χ4v) is 3.17. The summed E-state index contributed by atoms with van der Waals surface area (Å²) in [6, 6.07) is 5.40. The Balaban J connectivity index is 1.83. The summed E-state index contributed by atoms with van der Waals surface area (Å²) in [7, 11) is 0. The molecule has 1 atom stereocenters. The zero-order valence-electron chi connectivity index (χ0n) is 11.8. The quantitative estimate of drug-likeness (QED) is 0.938. The van der Waals surface area contributed by atoms with Crippen molar-refractivity contribution >= 4 is 17.0 Å². The van der Waals surface area contributed by atoms with E-state index in [2.05, 4.69) is 9.55 Å². The van der Waals surface area contributed by atoms with Gasteiger partial charge < -0.3 is 14.4 Å². The Morgan fingerprint density at radius 2 is 2.24 bits per heavy atom. The number of para-hydroxylation sites is 1. The van der Waals surface area contributed by atoms with Crippen LogP contribution < -0.4 is 0 Å². The van der Waals surface area contributed by atoms with E-state index in [1.54, 1.807) is 12.1 Å². The van der Waals surface area contributed by atoms with Gasteiger partial charge >= 0.3 is 5.97 Å². The second-order valence-corrected chi connectivity index (χ2v) is 5.97. The van der Waals surface area contributed by atoms with Crippen molar-refractivity contribution in [2.75, 3.05) is 6.61 Å². The molecule has 0 amide bonds. The van der Waals surface area contributed by atoms with Gasteiger partial charge in [0.05, 0.1) is 23.7 Å². The highest BCUT2D eigenvalue weighted by Gasteiger charge is 2.31. The molecule has 0 radical (unpaired) electrons. The lowest BCUT2D eigenvalue weighted by Crippen LogP contribution is -2.16. The first-order valence-electron chi connectivity index (χ1n) is 7.58. The van der Waals surface area contributed by atoms with Gasteiger partial charge in [0, 0.05) is 12.5 Å². The van der Waals surface area contributed by atoms with E-state index >= 15 is 0 Å². The standard InChI is InChI=1S/C16H18N2O3/c19-16(20)12-4-1-5-13-14(12)17-15(10-6-7-10)18(13)9-11-3-2-8-21-11/h1,4-5,10-11H,2-3,6-9H2,(H,19,20). The largest absolute Gasteiger partial charge is 0.478 e. The lowest BCUT2D eigenvalue weighted by molar-refractivity contribution is 0.0699. The van der Waals surface area contributed by atoms with Crippen molar-refractivity contribution in [1.82, 2.24) is 9.55 Å². The molecule has 1 aliphatic carbocycles. The Morgan fingerprint density at radius 1 is 1.38 bits per heavy atom. The number of imidazole rings is 1. The molecule has 1 saturated heterocycles. The summed E-state index contributed by atoms with van der Waals surface area (Å²) in [6.45, 7) is 1.61. The van der Waals surface area contributed by atoms with Crippen molar-refractivity contribution in [3.05, 3.63) is 29.6 Å². The highest BCUT2D eigenvalue weighted by molar-refractivity contribution is 6.01.